The number of likely N-dealkylation sites (tertiary alicyclic amines) is 1. The number of rotatable bonds is 7. The Bertz CT molecular complexity index is 616. The number of aliphatic imine (C=N–C) groups is 1. The molecule has 0 N–H and O–H groups in total. The predicted octanol–water partition coefficient (Wildman–Crippen LogP) is 4.94. The summed E-state index contributed by atoms with van der Waals surface area (Å²) in [5, 5.41) is 1.31. The Morgan fingerprint density at radius 1 is 1.28 bits per heavy atom. The zero-order valence-corrected chi connectivity index (χ0v) is 16.5. The highest BCUT2D eigenvalue weighted by Crippen LogP contribution is 2.35. The van der Waals surface area contributed by atoms with E-state index < -0.39 is 0 Å². The molecule has 2 aliphatic heterocycles. The molecule has 25 heavy (non-hydrogen) atoms. The van der Waals surface area contributed by atoms with Crippen LogP contribution in [-0.4, -0.2) is 34.2 Å². The largest absolute Gasteiger partial charge is 0.336 e. The molecular weight excluding hydrogens is 328 g/mol. The van der Waals surface area contributed by atoms with Crippen LogP contribution in [0.4, 0.5) is 0 Å². The highest BCUT2D eigenvalue weighted by molar-refractivity contribution is 8.14. The van der Waals surface area contributed by atoms with Crippen LogP contribution in [0.2, 0.25) is 0 Å². The molecule has 4 heteroatoms. The molecule has 1 saturated heterocycles. The smallest absolute Gasteiger partial charge is 0.223 e. The Morgan fingerprint density at radius 2 is 2.04 bits per heavy atom. The zero-order chi connectivity index (χ0) is 17.8. The van der Waals surface area contributed by atoms with Crippen molar-refractivity contribution in [3.8, 4) is 0 Å². The fourth-order valence-corrected chi connectivity index (χ4v) is 5.31. The van der Waals surface area contributed by atoms with Gasteiger partial charge in [-0.2, -0.15) is 0 Å². The van der Waals surface area contributed by atoms with Gasteiger partial charge in [-0.25, -0.2) is 0 Å². The van der Waals surface area contributed by atoms with Crippen LogP contribution in [0, 0.1) is 11.8 Å². The first-order chi connectivity index (χ1) is 12.1. The SMILES string of the molecule is CCCC(C)CC1=NC([C@H]2CC(=O)N([C@@H](C)c3ccccc3)C2)CS1. The molecule has 0 saturated carbocycles. The lowest BCUT2D eigenvalue weighted by Crippen LogP contribution is -2.30. The first kappa shape index (κ1) is 18.5. The summed E-state index contributed by atoms with van der Waals surface area (Å²) in [6, 6.07) is 10.8. The third kappa shape index (κ3) is 4.46. The van der Waals surface area contributed by atoms with Crippen LogP contribution in [0.15, 0.2) is 35.3 Å². The van der Waals surface area contributed by atoms with Gasteiger partial charge in [0.2, 0.25) is 5.91 Å². The molecule has 2 unspecified atom stereocenters. The molecule has 0 spiro atoms. The first-order valence-electron chi connectivity index (χ1n) is 9.62. The summed E-state index contributed by atoms with van der Waals surface area (Å²) in [5.41, 5.74) is 1.22. The molecule has 2 heterocycles. The molecule has 0 radical (unpaired) electrons. The summed E-state index contributed by atoms with van der Waals surface area (Å²) in [7, 11) is 0. The number of hydrogen-bond acceptors (Lipinski definition) is 3. The van der Waals surface area contributed by atoms with E-state index in [2.05, 4.69) is 37.8 Å². The lowest BCUT2D eigenvalue weighted by molar-refractivity contribution is -0.129. The van der Waals surface area contributed by atoms with Crippen molar-refractivity contribution in [3.05, 3.63) is 35.9 Å². The molecule has 3 nitrogen and oxygen atoms in total. The lowest BCUT2D eigenvalue weighted by atomic mass is 10.00. The number of carbonyl (C=O) groups is 1. The number of carbonyl (C=O) groups excluding carboxylic acids is 1. The van der Waals surface area contributed by atoms with Gasteiger partial charge in [0.25, 0.3) is 0 Å². The van der Waals surface area contributed by atoms with E-state index in [0.717, 1.165) is 24.6 Å². The maximum atomic E-state index is 12.6. The Balaban J connectivity index is 1.60. The lowest BCUT2D eigenvalue weighted by Gasteiger charge is -2.25. The highest BCUT2D eigenvalue weighted by atomic mass is 32.2. The van der Waals surface area contributed by atoms with E-state index in [-0.39, 0.29) is 11.9 Å². The number of benzene rings is 1. The van der Waals surface area contributed by atoms with Gasteiger partial charge in [-0.05, 0) is 24.8 Å². The van der Waals surface area contributed by atoms with Gasteiger partial charge < -0.3 is 4.90 Å². The Kier molecular flexibility index (Phi) is 6.21. The minimum atomic E-state index is 0.154. The molecular formula is C21H30N2OS. The van der Waals surface area contributed by atoms with Crippen LogP contribution in [0.1, 0.15) is 58.1 Å². The van der Waals surface area contributed by atoms with E-state index in [4.69, 9.17) is 4.99 Å². The van der Waals surface area contributed by atoms with E-state index in [1.807, 2.05) is 30.0 Å². The Morgan fingerprint density at radius 3 is 2.76 bits per heavy atom. The van der Waals surface area contributed by atoms with Crippen LogP contribution < -0.4 is 0 Å². The summed E-state index contributed by atoms with van der Waals surface area (Å²) < 4.78 is 0. The molecule has 1 fully saturated rings. The standard InChI is InChI=1S/C21H30N2OS/c1-4-8-15(2)11-20-22-19(14-25-20)18-12-21(24)23(13-18)16(3)17-9-6-5-7-10-17/h5-7,9-10,15-16,18-19H,4,8,11-14H2,1-3H3/t15?,16-,18-,19?/m0/s1. The van der Waals surface area contributed by atoms with Crippen LogP contribution in [0.3, 0.4) is 0 Å². The normalized spacial score (nSPS) is 26.0. The van der Waals surface area contributed by atoms with Crippen LogP contribution in [0.25, 0.3) is 0 Å². The molecule has 136 valence electrons. The van der Waals surface area contributed by atoms with Crippen molar-refractivity contribution in [2.45, 2.75) is 58.5 Å². The topological polar surface area (TPSA) is 32.7 Å². The number of amides is 1. The van der Waals surface area contributed by atoms with Crippen molar-refractivity contribution in [2.75, 3.05) is 12.3 Å². The van der Waals surface area contributed by atoms with Crippen molar-refractivity contribution in [1.82, 2.24) is 4.90 Å². The van der Waals surface area contributed by atoms with E-state index in [9.17, 15) is 4.79 Å². The number of hydrogen-bond donors (Lipinski definition) is 0. The van der Waals surface area contributed by atoms with Crippen molar-refractivity contribution in [1.29, 1.82) is 0 Å². The van der Waals surface area contributed by atoms with Gasteiger partial charge in [-0.1, -0.05) is 57.0 Å². The van der Waals surface area contributed by atoms with Gasteiger partial charge in [0.1, 0.15) is 0 Å². The number of nitrogens with zero attached hydrogens (tertiary/aromatic N) is 2. The fraction of sp³-hybridized carbons (Fsp3) is 0.619. The second-order valence-electron chi connectivity index (χ2n) is 7.60. The molecule has 0 bridgehead atoms. The second-order valence-corrected chi connectivity index (χ2v) is 8.69. The van der Waals surface area contributed by atoms with Crippen LogP contribution in [-0.2, 0) is 4.79 Å². The molecule has 1 aromatic rings. The maximum Gasteiger partial charge on any atom is 0.223 e. The van der Waals surface area contributed by atoms with Crippen molar-refractivity contribution in [2.24, 2.45) is 16.8 Å². The zero-order valence-electron chi connectivity index (χ0n) is 15.6. The minimum Gasteiger partial charge on any atom is -0.336 e. The molecule has 0 aromatic heterocycles. The molecule has 2 aliphatic rings. The van der Waals surface area contributed by atoms with E-state index >= 15 is 0 Å². The molecule has 1 aromatic carbocycles. The van der Waals surface area contributed by atoms with Gasteiger partial charge in [0.05, 0.1) is 17.1 Å². The van der Waals surface area contributed by atoms with Gasteiger partial charge in [0, 0.05) is 24.6 Å². The van der Waals surface area contributed by atoms with E-state index in [1.54, 1.807) is 0 Å². The number of thioether (sulfide) groups is 1. The van der Waals surface area contributed by atoms with Gasteiger partial charge in [-0.15, -0.1) is 11.8 Å². The molecule has 4 atom stereocenters. The Labute approximate surface area is 156 Å². The monoisotopic (exact) mass is 358 g/mol. The average molecular weight is 359 g/mol. The van der Waals surface area contributed by atoms with Crippen LogP contribution >= 0.6 is 11.8 Å². The molecule has 1 amide bonds. The van der Waals surface area contributed by atoms with Crippen molar-refractivity contribution < 1.29 is 4.79 Å². The third-order valence-corrected chi connectivity index (χ3v) is 6.63. The van der Waals surface area contributed by atoms with Crippen molar-refractivity contribution in [3.63, 3.8) is 0 Å². The third-order valence-electron chi connectivity index (χ3n) is 5.52. The fourth-order valence-electron chi connectivity index (χ4n) is 3.99. The van der Waals surface area contributed by atoms with E-state index in [0.29, 0.717) is 18.4 Å². The van der Waals surface area contributed by atoms with E-state index in [1.165, 1.54) is 23.4 Å². The van der Waals surface area contributed by atoms with Gasteiger partial charge >= 0.3 is 0 Å². The first-order valence-corrected chi connectivity index (χ1v) is 10.6. The quantitative estimate of drug-likeness (QED) is 0.692. The summed E-state index contributed by atoms with van der Waals surface area (Å²) in [4.78, 5) is 19.6. The average Bonchev–Trinajstić information content (AvgIpc) is 3.22. The van der Waals surface area contributed by atoms with Gasteiger partial charge in [0.15, 0.2) is 0 Å². The molecule has 3 rings (SSSR count). The van der Waals surface area contributed by atoms with Crippen molar-refractivity contribution >= 4 is 22.7 Å². The predicted molar refractivity (Wildman–Crippen MR) is 107 cm³/mol. The summed E-state index contributed by atoms with van der Waals surface area (Å²) in [6.45, 7) is 7.55. The Hall–Kier alpha value is -1.29. The maximum absolute atomic E-state index is 12.6. The highest BCUT2D eigenvalue weighted by Gasteiger charge is 2.39. The molecule has 0 aliphatic carbocycles. The summed E-state index contributed by atoms with van der Waals surface area (Å²) >= 11 is 1.92. The summed E-state index contributed by atoms with van der Waals surface area (Å²) in [5.74, 6) is 2.44. The van der Waals surface area contributed by atoms with Gasteiger partial charge in [-0.3, -0.25) is 9.79 Å². The van der Waals surface area contributed by atoms with Crippen LogP contribution in [0.5, 0.6) is 0 Å². The second kappa shape index (κ2) is 8.39. The summed E-state index contributed by atoms with van der Waals surface area (Å²) in [6.07, 6.45) is 4.28. The minimum absolute atomic E-state index is 0.154.